The Kier molecular flexibility index (Phi) is 7.31. The van der Waals surface area contributed by atoms with Crippen LogP contribution in [0.4, 0.5) is 13.2 Å². The first-order valence-corrected chi connectivity index (χ1v) is 12.6. The summed E-state index contributed by atoms with van der Waals surface area (Å²) in [5.74, 6) is -3.67. The van der Waals surface area contributed by atoms with Gasteiger partial charge in [0.25, 0.3) is 17.7 Å². The fraction of sp³-hybridized carbons (Fsp3) is 0.207. The molecule has 0 radical (unpaired) electrons. The largest absolute Gasteiger partial charge is 0.573 e. The number of carbonyl (C=O) groups excluding carboxylic acids is 5. The number of nitrogens with zero attached hydrogens (tertiary/aromatic N) is 1. The SMILES string of the molecule is O=C1CCC(N2C(=O)c3ccc(-c4cccc(CCNC(=O)c5ccccc5OC(F)(F)F)c4)cc3C2=O)C(=O)N1. The number of hydrogen-bond acceptors (Lipinski definition) is 6. The Bertz CT molecular complexity index is 1590. The van der Waals surface area contributed by atoms with Crippen LogP contribution < -0.4 is 15.4 Å². The number of amides is 5. The first kappa shape index (κ1) is 27.6. The van der Waals surface area contributed by atoms with Gasteiger partial charge in [-0.2, -0.15) is 0 Å². The topological polar surface area (TPSA) is 122 Å². The molecule has 2 heterocycles. The number of piperidine rings is 1. The highest BCUT2D eigenvalue weighted by molar-refractivity contribution is 6.23. The minimum absolute atomic E-state index is 0.0240. The number of rotatable bonds is 7. The number of nitrogens with one attached hydrogen (secondary N) is 2. The highest BCUT2D eigenvalue weighted by Crippen LogP contribution is 2.32. The minimum Gasteiger partial charge on any atom is -0.405 e. The van der Waals surface area contributed by atoms with E-state index in [4.69, 9.17) is 0 Å². The summed E-state index contributed by atoms with van der Waals surface area (Å²) in [7, 11) is 0. The average molecular weight is 566 g/mol. The number of para-hydroxylation sites is 1. The van der Waals surface area contributed by atoms with E-state index in [-0.39, 0.29) is 36.1 Å². The second-order valence-electron chi connectivity index (χ2n) is 9.46. The molecule has 2 N–H and O–H groups in total. The quantitative estimate of drug-likeness (QED) is 0.422. The molecule has 0 saturated carbocycles. The van der Waals surface area contributed by atoms with Crippen LogP contribution in [0.3, 0.4) is 0 Å². The van der Waals surface area contributed by atoms with E-state index in [1.54, 1.807) is 24.3 Å². The van der Waals surface area contributed by atoms with Crippen LogP contribution in [0.2, 0.25) is 0 Å². The Morgan fingerprint density at radius 2 is 1.66 bits per heavy atom. The average Bonchev–Trinajstić information content (AvgIpc) is 3.17. The summed E-state index contributed by atoms with van der Waals surface area (Å²) in [6.07, 6.45) is -4.50. The van der Waals surface area contributed by atoms with Gasteiger partial charge in [-0.1, -0.05) is 42.5 Å². The van der Waals surface area contributed by atoms with Gasteiger partial charge >= 0.3 is 6.36 Å². The molecule has 3 aromatic rings. The molecule has 3 aromatic carbocycles. The van der Waals surface area contributed by atoms with Crippen molar-refractivity contribution in [3.63, 3.8) is 0 Å². The fourth-order valence-electron chi connectivity index (χ4n) is 4.84. The van der Waals surface area contributed by atoms with Crippen molar-refractivity contribution in [2.75, 3.05) is 6.54 Å². The lowest BCUT2D eigenvalue weighted by molar-refractivity contribution is -0.274. The summed E-state index contributed by atoms with van der Waals surface area (Å²) in [5.41, 5.74) is 2.23. The van der Waals surface area contributed by atoms with Gasteiger partial charge in [-0.3, -0.25) is 34.2 Å². The normalized spacial score (nSPS) is 16.9. The van der Waals surface area contributed by atoms with Crippen LogP contribution >= 0.6 is 0 Å². The second-order valence-corrected chi connectivity index (χ2v) is 9.46. The number of halogens is 3. The molecule has 0 aliphatic carbocycles. The molecule has 1 atom stereocenters. The van der Waals surface area contributed by atoms with Crippen LogP contribution in [0.5, 0.6) is 5.75 Å². The molecule has 41 heavy (non-hydrogen) atoms. The van der Waals surface area contributed by atoms with E-state index in [2.05, 4.69) is 15.4 Å². The van der Waals surface area contributed by atoms with Gasteiger partial charge < -0.3 is 10.1 Å². The maximum atomic E-state index is 13.1. The van der Waals surface area contributed by atoms with Crippen molar-refractivity contribution in [2.45, 2.75) is 31.7 Å². The lowest BCUT2D eigenvalue weighted by Crippen LogP contribution is -2.54. The van der Waals surface area contributed by atoms with Crippen molar-refractivity contribution in [3.8, 4) is 16.9 Å². The summed E-state index contributed by atoms with van der Waals surface area (Å²) in [4.78, 5) is 63.3. The predicted octanol–water partition coefficient (Wildman–Crippen LogP) is 3.63. The van der Waals surface area contributed by atoms with Crippen molar-refractivity contribution < 1.29 is 41.9 Å². The van der Waals surface area contributed by atoms with Crippen LogP contribution in [0.15, 0.2) is 66.7 Å². The van der Waals surface area contributed by atoms with Gasteiger partial charge in [0.2, 0.25) is 11.8 Å². The van der Waals surface area contributed by atoms with E-state index in [1.807, 2.05) is 12.1 Å². The van der Waals surface area contributed by atoms with Crippen LogP contribution in [0, 0.1) is 0 Å². The fourth-order valence-corrected chi connectivity index (χ4v) is 4.84. The molecule has 0 spiro atoms. The van der Waals surface area contributed by atoms with E-state index in [9.17, 15) is 37.1 Å². The molecule has 5 amide bonds. The third-order valence-electron chi connectivity index (χ3n) is 6.76. The Labute approximate surface area is 231 Å². The molecule has 2 aliphatic heterocycles. The molecule has 2 aliphatic rings. The molecular weight excluding hydrogens is 543 g/mol. The zero-order valence-corrected chi connectivity index (χ0v) is 21.3. The monoisotopic (exact) mass is 565 g/mol. The first-order chi connectivity index (χ1) is 19.5. The summed E-state index contributed by atoms with van der Waals surface area (Å²) >= 11 is 0. The van der Waals surface area contributed by atoms with E-state index in [0.29, 0.717) is 12.0 Å². The third-order valence-corrected chi connectivity index (χ3v) is 6.76. The van der Waals surface area contributed by atoms with E-state index >= 15 is 0 Å². The van der Waals surface area contributed by atoms with Crippen LogP contribution in [-0.2, 0) is 16.0 Å². The van der Waals surface area contributed by atoms with Crippen molar-refractivity contribution in [1.29, 1.82) is 0 Å². The second kappa shape index (κ2) is 10.9. The number of hydrogen-bond donors (Lipinski definition) is 2. The standard InChI is InChI=1S/C29H22F3N3O6/c30-29(31,32)41-23-7-2-1-6-20(23)25(37)33-13-12-16-4-3-5-17(14-16)18-8-9-19-21(15-18)28(40)35(27(19)39)22-10-11-24(36)34-26(22)38/h1-9,14-15,22H,10-13H2,(H,33,37)(H,34,36,38). The zero-order chi connectivity index (χ0) is 29.3. The van der Waals surface area contributed by atoms with E-state index in [1.165, 1.54) is 24.3 Å². The van der Waals surface area contributed by atoms with Gasteiger partial charge in [0.15, 0.2) is 0 Å². The number of carbonyl (C=O) groups is 5. The van der Waals surface area contributed by atoms with Crippen LogP contribution in [0.1, 0.15) is 49.5 Å². The Balaban J connectivity index is 1.27. The maximum absolute atomic E-state index is 13.1. The van der Waals surface area contributed by atoms with Crippen LogP contribution in [-0.4, -0.2) is 53.4 Å². The number of ether oxygens (including phenoxy) is 1. The zero-order valence-electron chi connectivity index (χ0n) is 21.3. The van der Waals surface area contributed by atoms with Crippen molar-refractivity contribution >= 4 is 29.5 Å². The van der Waals surface area contributed by atoms with Gasteiger partial charge in [0, 0.05) is 13.0 Å². The molecule has 5 rings (SSSR count). The summed E-state index contributed by atoms with van der Waals surface area (Å²) in [5, 5.41) is 4.75. The third kappa shape index (κ3) is 5.81. The first-order valence-electron chi connectivity index (χ1n) is 12.6. The molecule has 12 heteroatoms. The molecule has 9 nitrogen and oxygen atoms in total. The number of benzene rings is 3. The summed E-state index contributed by atoms with van der Waals surface area (Å²) in [6.45, 7) is 0.126. The number of fused-ring (bicyclic) bond motifs is 1. The highest BCUT2D eigenvalue weighted by atomic mass is 19.4. The number of alkyl halides is 3. The van der Waals surface area contributed by atoms with Gasteiger partial charge in [-0.05, 0) is 53.8 Å². The predicted molar refractivity (Wildman–Crippen MR) is 138 cm³/mol. The van der Waals surface area contributed by atoms with Crippen LogP contribution in [0.25, 0.3) is 11.1 Å². The van der Waals surface area contributed by atoms with Crippen molar-refractivity contribution in [2.24, 2.45) is 0 Å². The molecule has 1 unspecified atom stereocenters. The van der Waals surface area contributed by atoms with Gasteiger partial charge in [-0.15, -0.1) is 13.2 Å². The summed E-state index contributed by atoms with van der Waals surface area (Å²) < 4.78 is 41.9. The van der Waals surface area contributed by atoms with Gasteiger partial charge in [-0.25, -0.2) is 0 Å². The molecule has 0 aromatic heterocycles. The minimum atomic E-state index is -4.94. The lowest BCUT2D eigenvalue weighted by Gasteiger charge is -2.27. The van der Waals surface area contributed by atoms with Gasteiger partial charge in [0.1, 0.15) is 11.8 Å². The van der Waals surface area contributed by atoms with Gasteiger partial charge in [0.05, 0.1) is 16.7 Å². The smallest absolute Gasteiger partial charge is 0.405 e. The Morgan fingerprint density at radius 1 is 0.927 bits per heavy atom. The van der Waals surface area contributed by atoms with E-state index < -0.39 is 47.7 Å². The highest BCUT2D eigenvalue weighted by Gasteiger charge is 2.44. The number of imide groups is 2. The Morgan fingerprint density at radius 3 is 2.41 bits per heavy atom. The van der Waals surface area contributed by atoms with Crippen molar-refractivity contribution in [1.82, 2.24) is 15.5 Å². The molecular formula is C29H22F3N3O6. The molecule has 1 fully saturated rings. The molecule has 210 valence electrons. The molecule has 0 bridgehead atoms. The Hall–Kier alpha value is -5.00. The lowest BCUT2D eigenvalue weighted by atomic mass is 9.98. The maximum Gasteiger partial charge on any atom is 0.573 e. The summed E-state index contributed by atoms with van der Waals surface area (Å²) in [6, 6.07) is 16.0. The van der Waals surface area contributed by atoms with E-state index in [0.717, 1.165) is 22.1 Å². The van der Waals surface area contributed by atoms with Crippen molar-refractivity contribution in [3.05, 3.63) is 89.0 Å². The molecule has 1 saturated heterocycles.